The van der Waals surface area contributed by atoms with Crippen LogP contribution in [0.5, 0.6) is 0 Å². The molecule has 0 saturated heterocycles. The van der Waals surface area contributed by atoms with Gasteiger partial charge in [0, 0.05) is 24.7 Å². The van der Waals surface area contributed by atoms with Gasteiger partial charge in [-0.05, 0) is 30.7 Å². The first-order chi connectivity index (χ1) is 11.2. The average Bonchev–Trinajstić information content (AvgIpc) is 3.02. The van der Waals surface area contributed by atoms with E-state index in [0.29, 0.717) is 12.2 Å². The van der Waals surface area contributed by atoms with Crippen molar-refractivity contribution in [1.82, 2.24) is 15.1 Å². The first kappa shape index (κ1) is 18.0. The fourth-order valence-corrected chi connectivity index (χ4v) is 1.97. The van der Waals surface area contributed by atoms with Crippen molar-refractivity contribution in [3.05, 3.63) is 47.8 Å². The second kappa shape index (κ2) is 7.04. The van der Waals surface area contributed by atoms with Gasteiger partial charge in [-0.2, -0.15) is 18.3 Å². The molecule has 5 nitrogen and oxygen atoms in total. The molecule has 8 heteroatoms. The molecule has 1 heterocycles. The highest BCUT2D eigenvalue weighted by Gasteiger charge is 2.33. The molecule has 2 unspecified atom stereocenters. The third-order valence-corrected chi connectivity index (χ3v) is 3.75. The van der Waals surface area contributed by atoms with Gasteiger partial charge in [-0.1, -0.05) is 19.1 Å². The third kappa shape index (κ3) is 4.35. The Kier molecular flexibility index (Phi) is 5.28. The average molecular weight is 340 g/mol. The predicted octanol–water partition coefficient (Wildman–Crippen LogP) is 2.49. The molecule has 0 aliphatic heterocycles. The summed E-state index contributed by atoms with van der Waals surface area (Å²) in [5.74, 6) is -0.440. The topological polar surface area (TPSA) is 72.9 Å². The number of hydrogen-bond acceptors (Lipinski definition) is 3. The van der Waals surface area contributed by atoms with E-state index in [1.807, 2.05) is 0 Å². The van der Waals surface area contributed by atoms with Crippen molar-refractivity contribution >= 4 is 5.91 Å². The first-order valence-corrected chi connectivity index (χ1v) is 7.44. The van der Waals surface area contributed by atoms with Crippen LogP contribution in [0.15, 0.2) is 36.5 Å². The zero-order valence-corrected chi connectivity index (χ0v) is 13.3. The van der Waals surface area contributed by atoms with Crippen LogP contribution in [0.2, 0.25) is 0 Å². The number of nitrogens with one attached hydrogen (secondary N) is 1. The summed E-state index contributed by atoms with van der Waals surface area (Å²) in [6.07, 6.45) is -3.21. The first-order valence-electron chi connectivity index (χ1n) is 7.44. The number of benzene rings is 1. The summed E-state index contributed by atoms with van der Waals surface area (Å²) < 4.78 is 38.8. The zero-order chi connectivity index (χ0) is 17.9. The number of halogens is 3. The zero-order valence-electron chi connectivity index (χ0n) is 13.3. The van der Waals surface area contributed by atoms with Crippen molar-refractivity contribution < 1.29 is 18.0 Å². The highest BCUT2D eigenvalue weighted by molar-refractivity contribution is 5.78. The van der Waals surface area contributed by atoms with Crippen molar-refractivity contribution in [3.63, 3.8) is 0 Å². The summed E-state index contributed by atoms with van der Waals surface area (Å²) in [4.78, 5) is 11.8. The molecule has 130 valence electrons. The van der Waals surface area contributed by atoms with Crippen LogP contribution in [0.25, 0.3) is 5.69 Å². The smallest absolute Gasteiger partial charge is 0.352 e. The Morgan fingerprint density at radius 1 is 1.25 bits per heavy atom. The van der Waals surface area contributed by atoms with Gasteiger partial charge in [0.25, 0.3) is 0 Å². The van der Waals surface area contributed by atoms with Gasteiger partial charge in [0.1, 0.15) is 0 Å². The van der Waals surface area contributed by atoms with Crippen LogP contribution in [-0.2, 0) is 17.5 Å². The Balaban J connectivity index is 2.01. The lowest BCUT2D eigenvalue weighted by molar-refractivity contribution is -0.141. The molecule has 2 rings (SSSR count). The Hall–Kier alpha value is -2.35. The third-order valence-electron chi connectivity index (χ3n) is 3.75. The fraction of sp³-hybridized carbons (Fsp3) is 0.375. The molecule has 3 N–H and O–H groups in total. The van der Waals surface area contributed by atoms with Crippen LogP contribution in [-0.4, -0.2) is 21.7 Å². The quantitative estimate of drug-likeness (QED) is 0.878. The molecule has 1 aromatic heterocycles. The molecule has 0 radical (unpaired) electrons. The number of amides is 1. The molecule has 2 aromatic rings. The maximum Gasteiger partial charge on any atom is 0.435 e. The van der Waals surface area contributed by atoms with Gasteiger partial charge >= 0.3 is 6.18 Å². The minimum atomic E-state index is -4.47. The monoisotopic (exact) mass is 340 g/mol. The van der Waals surface area contributed by atoms with Gasteiger partial charge in [0.15, 0.2) is 5.69 Å². The van der Waals surface area contributed by atoms with E-state index in [1.54, 1.807) is 38.1 Å². The summed E-state index contributed by atoms with van der Waals surface area (Å²) in [5.41, 5.74) is 6.06. The van der Waals surface area contributed by atoms with E-state index in [-0.39, 0.29) is 17.9 Å². The molecule has 0 aliphatic rings. The molecule has 0 aliphatic carbocycles. The van der Waals surface area contributed by atoms with Gasteiger partial charge in [0.05, 0.1) is 5.69 Å². The van der Waals surface area contributed by atoms with Gasteiger partial charge in [0.2, 0.25) is 5.91 Å². The molecule has 0 bridgehead atoms. The molecule has 0 saturated carbocycles. The molecule has 0 spiro atoms. The number of aromatic nitrogens is 2. The summed E-state index contributed by atoms with van der Waals surface area (Å²) in [5, 5.41) is 6.28. The highest BCUT2D eigenvalue weighted by atomic mass is 19.4. The second-order valence-corrected chi connectivity index (χ2v) is 5.68. The highest BCUT2D eigenvalue weighted by Crippen LogP contribution is 2.27. The standard InChI is InChI=1S/C16H19F3N4O/c1-10(11(2)20)15(24)21-9-12-3-5-13(6-4-12)23-8-7-14(22-23)16(17,18)19/h3-8,10-11H,9,20H2,1-2H3,(H,21,24). The second-order valence-electron chi connectivity index (χ2n) is 5.68. The van der Waals surface area contributed by atoms with E-state index < -0.39 is 11.9 Å². The normalized spacial score (nSPS) is 14.2. The van der Waals surface area contributed by atoms with E-state index >= 15 is 0 Å². The van der Waals surface area contributed by atoms with E-state index in [9.17, 15) is 18.0 Å². The summed E-state index contributed by atoms with van der Waals surface area (Å²) >= 11 is 0. The fourth-order valence-electron chi connectivity index (χ4n) is 1.97. The number of nitrogens with two attached hydrogens (primary N) is 1. The van der Waals surface area contributed by atoms with Crippen molar-refractivity contribution in [3.8, 4) is 5.69 Å². The SMILES string of the molecule is CC(N)C(C)C(=O)NCc1ccc(-n2ccc(C(F)(F)F)n2)cc1. The Morgan fingerprint density at radius 2 is 1.88 bits per heavy atom. The number of carbonyl (C=O) groups is 1. The van der Waals surface area contributed by atoms with E-state index in [4.69, 9.17) is 5.73 Å². The van der Waals surface area contributed by atoms with Crippen molar-refractivity contribution in [2.24, 2.45) is 11.7 Å². The summed E-state index contributed by atoms with van der Waals surface area (Å²) in [7, 11) is 0. The van der Waals surface area contributed by atoms with Crippen LogP contribution >= 0.6 is 0 Å². The van der Waals surface area contributed by atoms with Gasteiger partial charge in [-0.25, -0.2) is 4.68 Å². The van der Waals surface area contributed by atoms with Crippen LogP contribution < -0.4 is 11.1 Å². The molecular weight excluding hydrogens is 321 g/mol. The van der Waals surface area contributed by atoms with Crippen LogP contribution in [0.3, 0.4) is 0 Å². The van der Waals surface area contributed by atoms with Crippen LogP contribution in [0.1, 0.15) is 25.1 Å². The molecule has 2 atom stereocenters. The molecule has 1 amide bonds. The van der Waals surface area contributed by atoms with Crippen molar-refractivity contribution in [2.75, 3.05) is 0 Å². The van der Waals surface area contributed by atoms with Crippen molar-refractivity contribution in [2.45, 2.75) is 32.6 Å². The van der Waals surface area contributed by atoms with E-state index in [0.717, 1.165) is 16.3 Å². The maximum atomic E-state index is 12.6. The summed E-state index contributed by atoms with van der Waals surface area (Å²) in [6.45, 7) is 3.83. The van der Waals surface area contributed by atoms with Gasteiger partial charge < -0.3 is 11.1 Å². The van der Waals surface area contributed by atoms with Gasteiger partial charge in [-0.15, -0.1) is 0 Å². The Morgan fingerprint density at radius 3 is 2.38 bits per heavy atom. The van der Waals surface area contributed by atoms with E-state index in [2.05, 4.69) is 10.4 Å². The Labute approximate surface area is 137 Å². The predicted molar refractivity (Wildman–Crippen MR) is 83.2 cm³/mol. The minimum Gasteiger partial charge on any atom is -0.352 e. The van der Waals surface area contributed by atoms with E-state index in [1.165, 1.54) is 6.20 Å². The minimum absolute atomic E-state index is 0.143. The number of carbonyl (C=O) groups excluding carboxylic acids is 1. The van der Waals surface area contributed by atoms with Crippen molar-refractivity contribution in [1.29, 1.82) is 0 Å². The van der Waals surface area contributed by atoms with Crippen LogP contribution in [0, 0.1) is 5.92 Å². The summed E-state index contributed by atoms with van der Waals surface area (Å²) in [6, 6.07) is 7.41. The number of nitrogens with zero attached hydrogens (tertiary/aromatic N) is 2. The molecule has 0 fully saturated rings. The Bertz CT molecular complexity index is 692. The molecule has 1 aromatic carbocycles. The lowest BCUT2D eigenvalue weighted by Crippen LogP contribution is -2.38. The lowest BCUT2D eigenvalue weighted by atomic mass is 10.0. The van der Waals surface area contributed by atoms with Crippen LogP contribution in [0.4, 0.5) is 13.2 Å². The number of hydrogen-bond donors (Lipinski definition) is 2. The maximum absolute atomic E-state index is 12.6. The van der Waals surface area contributed by atoms with Gasteiger partial charge in [-0.3, -0.25) is 4.79 Å². The molecule has 24 heavy (non-hydrogen) atoms. The lowest BCUT2D eigenvalue weighted by Gasteiger charge is -2.15. The molecular formula is C16H19F3N4O. The number of alkyl halides is 3. The number of rotatable bonds is 5. The largest absolute Gasteiger partial charge is 0.435 e.